The van der Waals surface area contributed by atoms with Gasteiger partial charge in [-0.15, -0.1) is 23.7 Å². The third-order valence-electron chi connectivity index (χ3n) is 4.10. The predicted molar refractivity (Wildman–Crippen MR) is 93.8 cm³/mol. The van der Waals surface area contributed by atoms with E-state index in [2.05, 4.69) is 10.3 Å². The Bertz CT molecular complexity index is 517. The molecular formula is C15H25ClN4O2S. The summed E-state index contributed by atoms with van der Waals surface area (Å²) in [4.78, 5) is 27.9. The zero-order chi connectivity index (χ0) is 15.9. The largest absolute Gasteiger partial charge is 0.370 e. The van der Waals surface area contributed by atoms with Crippen molar-refractivity contribution in [1.29, 1.82) is 0 Å². The Morgan fingerprint density at radius 1 is 1.35 bits per heavy atom. The maximum Gasteiger partial charge on any atom is 0.270 e. The second-order valence-electron chi connectivity index (χ2n) is 5.81. The summed E-state index contributed by atoms with van der Waals surface area (Å²) in [7, 11) is 0. The zero-order valence-electron chi connectivity index (χ0n) is 13.1. The molecule has 0 spiro atoms. The summed E-state index contributed by atoms with van der Waals surface area (Å²) in [6.45, 7) is 0.515. The first-order chi connectivity index (χ1) is 10.6. The molecule has 1 aliphatic carbocycles. The monoisotopic (exact) mass is 360 g/mol. The average Bonchev–Trinajstić information content (AvgIpc) is 2.96. The lowest BCUT2D eigenvalue weighted by atomic mass is 9.82. The topological polar surface area (TPSA) is 111 Å². The summed E-state index contributed by atoms with van der Waals surface area (Å²) in [5.74, 6) is -0.276. The molecule has 0 aromatic carbocycles. The summed E-state index contributed by atoms with van der Waals surface area (Å²) in [5, 5.41) is 5.56. The van der Waals surface area contributed by atoms with Gasteiger partial charge in [0.25, 0.3) is 5.91 Å². The van der Waals surface area contributed by atoms with E-state index in [1.807, 2.05) is 0 Å². The second kappa shape index (κ2) is 9.85. The maximum absolute atomic E-state index is 12.3. The molecule has 1 atom stereocenters. The van der Waals surface area contributed by atoms with Crippen molar-refractivity contribution in [2.45, 2.75) is 51.0 Å². The van der Waals surface area contributed by atoms with Crippen LogP contribution < -0.4 is 16.8 Å². The van der Waals surface area contributed by atoms with Crippen LogP contribution in [0, 0.1) is 5.92 Å². The molecule has 6 nitrogen and oxygen atoms in total. The summed E-state index contributed by atoms with van der Waals surface area (Å²) in [6, 6.07) is -0.190. The van der Waals surface area contributed by atoms with Crippen molar-refractivity contribution in [2.75, 3.05) is 6.54 Å². The smallest absolute Gasteiger partial charge is 0.270 e. The SMILES string of the molecule is Cl.NCCc1nc(C(=O)NC(CC(N)=O)C2CCCCC2)cs1. The fourth-order valence-corrected chi connectivity index (χ4v) is 3.78. The number of carbonyl (C=O) groups is 2. The molecule has 8 heteroatoms. The van der Waals surface area contributed by atoms with Gasteiger partial charge in [0, 0.05) is 24.3 Å². The second-order valence-corrected chi connectivity index (χ2v) is 6.76. The van der Waals surface area contributed by atoms with E-state index in [0.29, 0.717) is 24.6 Å². The van der Waals surface area contributed by atoms with Crippen molar-refractivity contribution in [3.05, 3.63) is 16.1 Å². The molecule has 5 N–H and O–H groups in total. The van der Waals surface area contributed by atoms with Crippen LogP contribution in [0.1, 0.15) is 54.0 Å². The Kier molecular flexibility index (Phi) is 8.51. The van der Waals surface area contributed by atoms with E-state index >= 15 is 0 Å². The predicted octanol–water partition coefficient (Wildman–Crippen LogP) is 1.62. The van der Waals surface area contributed by atoms with Gasteiger partial charge in [-0.1, -0.05) is 19.3 Å². The number of carbonyl (C=O) groups excluding carboxylic acids is 2. The van der Waals surface area contributed by atoms with Gasteiger partial charge in [0.2, 0.25) is 5.91 Å². The van der Waals surface area contributed by atoms with Crippen LogP contribution in [0.5, 0.6) is 0 Å². The molecular weight excluding hydrogens is 336 g/mol. The van der Waals surface area contributed by atoms with Crippen LogP contribution in [0.2, 0.25) is 0 Å². The van der Waals surface area contributed by atoms with Crippen molar-refractivity contribution in [1.82, 2.24) is 10.3 Å². The van der Waals surface area contributed by atoms with Crippen LogP contribution in [-0.2, 0) is 11.2 Å². The molecule has 2 amide bonds. The van der Waals surface area contributed by atoms with E-state index in [1.165, 1.54) is 17.8 Å². The van der Waals surface area contributed by atoms with Gasteiger partial charge >= 0.3 is 0 Å². The molecule has 1 fully saturated rings. The molecule has 23 heavy (non-hydrogen) atoms. The first-order valence-corrected chi connectivity index (χ1v) is 8.71. The lowest BCUT2D eigenvalue weighted by Gasteiger charge is -2.30. The fraction of sp³-hybridized carbons (Fsp3) is 0.667. The number of nitrogens with one attached hydrogen (secondary N) is 1. The van der Waals surface area contributed by atoms with Crippen LogP contribution in [0.15, 0.2) is 5.38 Å². The van der Waals surface area contributed by atoms with E-state index < -0.39 is 0 Å². The molecule has 0 bridgehead atoms. The number of amides is 2. The minimum Gasteiger partial charge on any atom is -0.370 e. The number of nitrogens with zero attached hydrogens (tertiary/aromatic N) is 1. The highest BCUT2D eigenvalue weighted by atomic mass is 35.5. The van der Waals surface area contributed by atoms with Crippen LogP contribution >= 0.6 is 23.7 Å². The van der Waals surface area contributed by atoms with Gasteiger partial charge in [-0.2, -0.15) is 0 Å². The minimum atomic E-state index is -0.377. The third-order valence-corrected chi connectivity index (χ3v) is 5.01. The Labute approximate surface area is 146 Å². The number of nitrogens with two attached hydrogens (primary N) is 2. The van der Waals surface area contributed by atoms with E-state index in [-0.39, 0.29) is 36.7 Å². The summed E-state index contributed by atoms with van der Waals surface area (Å²) >= 11 is 1.44. The van der Waals surface area contributed by atoms with Crippen molar-refractivity contribution < 1.29 is 9.59 Å². The first-order valence-electron chi connectivity index (χ1n) is 7.83. The fourth-order valence-electron chi connectivity index (χ4n) is 2.98. The summed E-state index contributed by atoms with van der Waals surface area (Å²) in [6.07, 6.45) is 6.45. The number of halogens is 1. The first kappa shape index (κ1) is 19.9. The Morgan fingerprint density at radius 2 is 2.04 bits per heavy atom. The summed E-state index contributed by atoms with van der Waals surface area (Å²) in [5.41, 5.74) is 11.2. The van der Waals surface area contributed by atoms with E-state index in [1.54, 1.807) is 5.38 Å². The van der Waals surface area contributed by atoms with Gasteiger partial charge in [-0.25, -0.2) is 4.98 Å². The molecule has 1 unspecified atom stereocenters. The number of thiazole rings is 1. The molecule has 0 radical (unpaired) electrons. The number of primary amides is 1. The van der Waals surface area contributed by atoms with E-state index in [0.717, 1.165) is 30.7 Å². The number of hydrogen-bond donors (Lipinski definition) is 3. The Hall–Kier alpha value is -1.18. The van der Waals surface area contributed by atoms with Crippen LogP contribution in [0.4, 0.5) is 0 Å². The molecule has 2 rings (SSSR count). The highest BCUT2D eigenvalue weighted by Gasteiger charge is 2.27. The summed E-state index contributed by atoms with van der Waals surface area (Å²) < 4.78 is 0. The van der Waals surface area contributed by atoms with Gasteiger partial charge in [-0.3, -0.25) is 9.59 Å². The molecule has 130 valence electrons. The van der Waals surface area contributed by atoms with Crippen LogP contribution in [0.25, 0.3) is 0 Å². The third kappa shape index (κ3) is 6.08. The van der Waals surface area contributed by atoms with E-state index in [4.69, 9.17) is 11.5 Å². The average molecular weight is 361 g/mol. The number of aromatic nitrogens is 1. The number of hydrogen-bond acceptors (Lipinski definition) is 5. The Morgan fingerprint density at radius 3 is 2.65 bits per heavy atom. The molecule has 1 saturated carbocycles. The number of rotatable bonds is 7. The van der Waals surface area contributed by atoms with Crippen molar-refractivity contribution in [3.8, 4) is 0 Å². The highest BCUT2D eigenvalue weighted by molar-refractivity contribution is 7.09. The van der Waals surface area contributed by atoms with Gasteiger partial charge < -0.3 is 16.8 Å². The normalized spacial score (nSPS) is 16.4. The lowest BCUT2D eigenvalue weighted by Crippen LogP contribution is -2.43. The maximum atomic E-state index is 12.3. The van der Waals surface area contributed by atoms with Gasteiger partial charge in [0.15, 0.2) is 0 Å². The highest BCUT2D eigenvalue weighted by Crippen LogP contribution is 2.28. The quantitative estimate of drug-likeness (QED) is 0.685. The van der Waals surface area contributed by atoms with Crippen molar-refractivity contribution in [3.63, 3.8) is 0 Å². The van der Waals surface area contributed by atoms with Crippen LogP contribution in [0.3, 0.4) is 0 Å². The van der Waals surface area contributed by atoms with Crippen LogP contribution in [-0.4, -0.2) is 29.4 Å². The van der Waals surface area contributed by atoms with Crippen molar-refractivity contribution in [2.24, 2.45) is 17.4 Å². The van der Waals surface area contributed by atoms with Gasteiger partial charge in [-0.05, 0) is 25.3 Å². The molecule has 0 aliphatic heterocycles. The molecule has 1 aromatic rings. The Balaban J connectivity index is 0.00000264. The minimum absolute atomic E-state index is 0. The molecule has 1 aliphatic rings. The lowest BCUT2D eigenvalue weighted by molar-refractivity contribution is -0.118. The standard InChI is InChI=1S/C15H24N4O2S.ClH/c16-7-6-14-18-12(9-22-14)15(21)19-11(8-13(17)20)10-4-2-1-3-5-10;/h9-11H,1-8,16H2,(H2,17,20)(H,19,21);1H. The molecule has 1 aromatic heterocycles. The van der Waals surface area contributed by atoms with Gasteiger partial charge in [0.1, 0.15) is 5.69 Å². The van der Waals surface area contributed by atoms with E-state index in [9.17, 15) is 9.59 Å². The zero-order valence-corrected chi connectivity index (χ0v) is 14.8. The molecule has 0 saturated heterocycles. The van der Waals surface area contributed by atoms with Gasteiger partial charge in [0.05, 0.1) is 5.01 Å². The molecule has 1 heterocycles. The van der Waals surface area contributed by atoms with Crippen molar-refractivity contribution >= 4 is 35.6 Å².